The first-order valence-corrected chi connectivity index (χ1v) is 8.19. The van der Waals surface area contributed by atoms with Gasteiger partial charge in [0.2, 0.25) is 0 Å². The van der Waals surface area contributed by atoms with E-state index in [4.69, 9.17) is 5.73 Å². The van der Waals surface area contributed by atoms with Crippen LogP contribution in [-0.2, 0) is 17.3 Å². The van der Waals surface area contributed by atoms with Gasteiger partial charge in [-0.3, -0.25) is 18.6 Å². The maximum atomic E-state index is 11.8. The van der Waals surface area contributed by atoms with Crippen LogP contribution in [0.1, 0.15) is 26.7 Å². The zero-order valence-corrected chi connectivity index (χ0v) is 12.9. The van der Waals surface area contributed by atoms with E-state index in [2.05, 4.69) is 10.3 Å². The molecule has 2 atom stereocenters. The van der Waals surface area contributed by atoms with Crippen molar-refractivity contribution in [2.45, 2.75) is 38.5 Å². The minimum absolute atomic E-state index is 0.0318. The molecule has 20 heavy (non-hydrogen) atoms. The summed E-state index contributed by atoms with van der Waals surface area (Å²) in [7, 11) is -0.902. The molecule has 4 N–H and O–H groups in total. The third-order valence-corrected chi connectivity index (χ3v) is 4.48. The lowest BCUT2D eigenvalue weighted by Gasteiger charge is -2.14. The van der Waals surface area contributed by atoms with Gasteiger partial charge in [-0.15, -0.1) is 0 Å². The van der Waals surface area contributed by atoms with Gasteiger partial charge >= 0.3 is 5.69 Å². The molecule has 1 aromatic heterocycles. The Morgan fingerprint density at radius 1 is 1.45 bits per heavy atom. The van der Waals surface area contributed by atoms with Gasteiger partial charge in [0.15, 0.2) is 0 Å². The monoisotopic (exact) mass is 302 g/mol. The Morgan fingerprint density at radius 3 is 2.65 bits per heavy atom. The van der Waals surface area contributed by atoms with Crippen LogP contribution in [0, 0.1) is 0 Å². The summed E-state index contributed by atoms with van der Waals surface area (Å²) in [5.41, 5.74) is 5.05. The summed E-state index contributed by atoms with van der Waals surface area (Å²) >= 11 is 0. The van der Waals surface area contributed by atoms with Crippen molar-refractivity contribution in [2.75, 3.05) is 23.9 Å². The molecule has 8 heteroatoms. The van der Waals surface area contributed by atoms with E-state index >= 15 is 0 Å². The predicted octanol–water partition coefficient (Wildman–Crippen LogP) is 0.0978. The van der Waals surface area contributed by atoms with Gasteiger partial charge in [-0.1, -0.05) is 13.8 Å². The van der Waals surface area contributed by atoms with E-state index < -0.39 is 22.0 Å². The van der Waals surface area contributed by atoms with Gasteiger partial charge in [-0.05, 0) is 12.8 Å². The molecule has 0 aromatic carbocycles. The molecule has 1 heterocycles. The molecule has 0 spiro atoms. The molecule has 0 bridgehead atoms. The normalized spacial score (nSPS) is 13.9. The van der Waals surface area contributed by atoms with Gasteiger partial charge in [0.1, 0.15) is 11.5 Å². The number of nitrogen functional groups attached to an aromatic ring is 1. The van der Waals surface area contributed by atoms with E-state index in [-0.39, 0.29) is 16.8 Å². The van der Waals surface area contributed by atoms with E-state index in [1.807, 2.05) is 13.8 Å². The van der Waals surface area contributed by atoms with Gasteiger partial charge in [-0.25, -0.2) is 4.79 Å². The molecular formula is C12H22N4O3S. The van der Waals surface area contributed by atoms with Crippen molar-refractivity contribution >= 4 is 22.3 Å². The smallest absolute Gasteiger partial charge is 0.330 e. The number of rotatable bonds is 7. The van der Waals surface area contributed by atoms with Crippen molar-refractivity contribution in [3.05, 3.63) is 20.8 Å². The number of hydrogen-bond donors (Lipinski definition) is 3. The minimum atomic E-state index is -0.902. The number of hydrogen-bond acceptors (Lipinski definition) is 5. The van der Waals surface area contributed by atoms with Crippen LogP contribution in [0.3, 0.4) is 0 Å². The van der Waals surface area contributed by atoms with Crippen molar-refractivity contribution in [1.82, 2.24) is 9.55 Å². The molecule has 1 aromatic rings. The molecule has 0 saturated carbocycles. The summed E-state index contributed by atoms with van der Waals surface area (Å²) in [5.74, 6) is 0.144. The maximum absolute atomic E-state index is 11.8. The van der Waals surface area contributed by atoms with Crippen LogP contribution >= 0.6 is 0 Å². The number of nitrogens with one attached hydrogen (secondary N) is 2. The van der Waals surface area contributed by atoms with E-state index in [1.165, 1.54) is 4.57 Å². The quantitative estimate of drug-likeness (QED) is 0.661. The lowest BCUT2D eigenvalue weighted by atomic mass is 10.3. The summed E-state index contributed by atoms with van der Waals surface area (Å²) < 4.78 is 12.6. The molecule has 0 aliphatic carbocycles. The highest BCUT2D eigenvalue weighted by atomic mass is 32.2. The van der Waals surface area contributed by atoms with Gasteiger partial charge in [0.05, 0.1) is 0 Å². The van der Waals surface area contributed by atoms with Crippen molar-refractivity contribution in [2.24, 2.45) is 0 Å². The van der Waals surface area contributed by atoms with Crippen LogP contribution in [0.15, 0.2) is 9.59 Å². The predicted molar refractivity (Wildman–Crippen MR) is 82.7 cm³/mol. The zero-order chi connectivity index (χ0) is 15.3. The average molecular weight is 302 g/mol. The Labute approximate surface area is 120 Å². The van der Waals surface area contributed by atoms with Crippen LogP contribution in [0.2, 0.25) is 0 Å². The van der Waals surface area contributed by atoms with Gasteiger partial charge in [-0.2, -0.15) is 0 Å². The van der Waals surface area contributed by atoms with Crippen molar-refractivity contribution in [3.8, 4) is 0 Å². The third kappa shape index (κ3) is 3.96. The van der Waals surface area contributed by atoms with Crippen molar-refractivity contribution < 1.29 is 4.21 Å². The first kappa shape index (κ1) is 16.5. The second-order valence-electron chi connectivity index (χ2n) is 4.70. The summed E-state index contributed by atoms with van der Waals surface area (Å²) in [4.78, 5) is 25.6. The van der Waals surface area contributed by atoms with Crippen molar-refractivity contribution in [1.29, 1.82) is 0 Å². The third-order valence-electron chi connectivity index (χ3n) is 3.11. The summed E-state index contributed by atoms with van der Waals surface area (Å²) in [5, 5.41) is 2.96. The van der Waals surface area contributed by atoms with E-state index in [0.717, 1.165) is 6.42 Å². The van der Waals surface area contributed by atoms with E-state index in [0.29, 0.717) is 19.5 Å². The molecule has 114 valence electrons. The summed E-state index contributed by atoms with van der Waals surface area (Å²) in [6, 6.07) is 0. The number of H-pyrrole nitrogens is 1. The number of nitrogens with zero attached hydrogens (tertiary/aromatic N) is 1. The molecule has 0 saturated heterocycles. The average Bonchev–Trinajstić information content (AvgIpc) is 2.37. The minimum Gasteiger partial charge on any atom is -0.383 e. The molecule has 2 unspecified atom stereocenters. The number of anilines is 2. The van der Waals surface area contributed by atoms with Crippen LogP contribution in [0.4, 0.5) is 11.5 Å². The van der Waals surface area contributed by atoms with Gasteiger partial charge in [0.25, 0.3) is 5.56 Å². The zero-order valence-electron chi connectivity index (χ0n) is 12.1. The number of aromatic nitrogens is 2. The molecule has 7 nitrogen and oxygen atoms in total. The standard InChI is InChI=1S/C12H22N4O3S/c1-4-7-16-10(13)9(11(17)15-12(16)18)14-6-5-8(2)20(3)19/h8,14H,4-7,13H2,1-3H3,(H,15,17,18). The van der Waals surface area contributed by atoms with E-state index in [9.17, 15) is 13.8 Å². The summed E-state index contributed by atoms with van der Waals surface area (Å²) in [6.07, 6.45) is 3.03. The number of nitrogens with two attached hydrogens (primary N) is 1. The molecule has 0 aliphatic rings. The molecular weight excluding hydrogens is 280 g/mol. The molecule has 0 aliphatic heterocycles. The van der Waals surface area contributed by atoms with Gasteiger partial charge < -0.3 is 11.1 Å². The Morgan fingerprint density at radius 2 is 2.10 bits per heavy atom. The first-order chi connectivity index (χ1) is 9.38. The van der Waals surface area contributed by atoms with E-state index in [1.54, 1.807) is 6.26 Å². The van der Waals surface area contributed by atoms with Crippen LogP contribution in [0.5, 0.6) is 0 Å². The number of aromatic amines is 1. The Hall–Kier alpha value is -1.57. The fourth-order valence-corrected chi connectivity index (χ4v) is 2.22. The Balaban J connectivity index is 2.90. The topological polar surface area (TPSA) is 110 Å². The maximum Gasteiger partial charge on any atom is 0.330 e. The highest BCUT2D eigenvalue weighted by Gasteiger charge is 2.12. The van der Waals surface area contributed by atoms with Crippen LogP contribution in [0.25, 0.3) is 0 Å². The van der Waals surface area contributed by atoms with Crippen LogP contribution < -0.4 is 22.3 Å². The fourth-order valence-electron chi connectivity index (χ4n) is 1.77. The Kier molecular flexibility index (Phi) is 6.00. The molecule has 0 fully saturated rings. The lowest BCUT2D eigenvalue weighted by molar-refractivity contribution is 0.642. The highest BCUT2D eigenvalue weighted by Crippen LogP contribution is 2.11. The SMILES string of the molecule is CCCn1c(N)c(NCCC(C)S(C)=O)c(=O)[nH]c1=O. The van der Waals surface area contributed by atoms with Crippen molar-refractivity contribution in [3.63, 3.8) is 0 Å². The van der Waals surface area contributed by atoms with Crippen LogP contribution in [-0.4, -0.2) is 31.8 Å². The molecule has 0 radical (unpaired) electrons. The highest BCUT2D eigenvalue weighted by molar-refractivity contribution is 7.84. The second-order valence-corrected chi connectivity index (χ2v) is 6.50. The largest absolute Gasteiger partial charge is 0.383 e. The fraction of sp³-hybridized carbons (Fsp3) is 0.667. The Bertz CT molecular complexity index is 593. The summed E-state index contributed by atoms with van der Waals surface area (Å²) in [6.45, 7) is 4.72. The molecule has 0 amide bonds. The molecule has 1 rings (SSSR count). The second kappa shape index (κ2) is 7.28. The first-order valence-electron chi connectivity index (χ1n) is 6.57. The lowest BCUT2D eigenvalue weighted by Crippen LogP contribution is -2.34. The van der Waals surface area contributed by atoms with Gasteiger partial charge in [0, 0.05) is 35.4 Å².